The molecular weight excluding hydrogens is 320 g/mol. The Morgan fingerprint density at radius 2 is 2.28 bits per heavy atom. The van der Waals surface area contributed by atoms with Crippen molar-refractivity contribution in [1.29, 1.82) is 0 Å². The van der Waals surface area contributed by atoms with Crippen LogP contribution < -0.4 is 5.73 Å². The first kappa shape index (κ1) is 17.6. The summed E-state index contributed by atoms with van der Waals surface area (Å²) >= 11 is 0. The van der Waals surface area contributed by atoms with Crippen molar-refractivity contribution in [2.45, 2.75) is 32.7 Å². The number of benzene rings is 1. The van der Waals surface area contributed by atoms with Crippen LogP contribution in [0.3, 0.4) is 0 Å². The van der Waals surface area contributed by atoms with Crippen molar-refractivity contribution in [2.24, 2.45) is 11.1 Å². The summed E-state index contributed by atoms with van der Waals surface area (Å²) in [5, 5.41) is 10.9. The molecule has 7 heteroatoms. The molecule has 1 aromatic carbocycles. The van der Waals surface area contributed by atoms with Crippen molar-refractivity contribution in [3.63, 3.8) is 0 Å². The van der Waals surface area contributed by atoms with Crippen molar-refractivity contribution in [3.05, 3.63) is 46.5 Å². The molecule has 0 bridgehead atoms. The van der Waals surface area contributed by atoms with Gasteiger partial charge in [-0.15, -0.1) is 0 Å². The van der Waals surface area contributed by atoms with E-state index in [0.29, 0.717) is 23.6 Å². The summed E-state index contributed by atoms with van der Waals surface area (Å²) in [6.07, 6.45) is 3.34. The zero-order valence-electron chi connectivity index (χ0n) is 14.6. The number of hydrogen-bond donors (Lipinski definition) is 1. The molecule has 1 aliphatic rings. The number of piperidine rings is 1. The number of nitrogens with zero attached hydrogens (tertiary/aromatic N) is 3. The first-order valence-corrected chi connectivity index (χ1v) is 8.52. The Bertz CT molecular complexity index is 756. The van der Waals surface area contributed by atoms with Gasteiger partial charge in [0, 0.05) is 43.2 Å². The van der Waals surface area contributed by atoms with Crippen LogP contribution in [0.1, 0.15) is 26.2 Å². The lowest BCUT2D eigenvalue weighted by atomic mass is 9.80. The lowest BCUT2D eigenvalue weighted by Crippen LogP contribution is -2.52. The van der Waals surface area contributed by atoms with E-state index in [9.17, 15) is 10.1 Å². The number of aromatic nitrogens is 1. The fraction of sp³-hybridized carbons (Fsp3) is 0.500. The highest BCUT2D eigenvalue weighted by molar-refractivity contribution is 5.60. The number of nitrogens with two attached hydrogens (primary N) is 1. The predicted octanol–water partition coefficient (Wildman–Crippen LogP) is 2.85. The van der Waals surface area contributed by atoms with E-state index in [1.807, 2.05) is 0 Å². The lowest BCUT2D eigenvalue weighted by molar-refractivity contribution is -0.384. The van der Waals surface area contributed by atoms with Crippen LogP contribution in [0.2, 0.25) is 0 Å². The van der Waals surface area contributed by atoms with Gasteiger partial charge in [-0.2, -0.15) is 0 Å². The van der Waals surface area contributed by atoms with Gasteiger partial charge in [-0.25, -0.2) is 4.98 Å². The van der Waals surface area contributed by atoms with Gasteiger partial charge in [-0.3, -0.25) is 10.1 Å². The lowest BCUT2D eigenvalue weighted by Gasteiger charge is -2.42. The van der Waals surface area contributed by atoms with E-state index < -0.39 is 4.92 Å². The van der Waals surface area contributed by atoms with Crippen molar-refractivity contribution < 1.29 is 9.34 Å². The summed E-state index contributed by atoms with van der Waals surface area (Å²) < 4.78 is 5.78. The largest absolute Gasteiger partial charge is 0.441 e. The molecule has 1 aromatic heterocycles. The minimum absolute atomic E-state index is 0.0438. The summed E-state index contributed by atoms with van der Waals surface area (Å²) in [6.45, 7) is 7.23. The quantitative estimate of drug-likeness (QED) is 0.661. The average Bonchev–Trinajstić information content (AvgIpc) is 3.05. The molecule has 2 aromatic rings. The molecule has 134 valence electrons. The number of likely N-dealkylation sites (tertiary alicyclic amines) is 1. The third-order valence-corrected chi connectivity index (χ3v) is 4.93. The highest BCUT2D eigenvalue weighted by atomic mass is 16.6. The molecule has 0 radical (unpaired) electrons. The second-order valence-electron chi connectivity index (χ2n) is 7.34. The highest BCUT2D eigenvalue weighted by Crippen LogP contribution is 2.28. The smallest absolute Gasteiger partial charge is 0.270 e. The molecule has 1 aliphatic heterocycles. The van der Waals surface area contributed by atoms with E-state index in [1.54, 1.807) is 18.3 Å². The summed E-state index contributed by atoms with van der Waals surface area (Å²) in [5.41, 5.74) is 7.00. The van der Waals surface area contributed by atoms with Gasteiger partial charge in [0.1, 0.15) is 0 Å². The molecule has 2 heterocycles. The van der Waals surface area contributed by atoms with Crippen LogP contribution >= 0.6 is 0 Å². The van der Waals surface area contributed by atoms with E-state index in [0.717, 1.165) is 26.1 Å². The fourth-order valence-electron chi connectivity index (χ4n) is 3.26. The van der Waals surface area contributed by atoms with Crippen molar-refractivity contribution in [2.75, 3.05) is 19.6 Å². The number of non-ortho nitro benzene ring substituents is 1. The van der Waals surface area contributed by atoms with Crippen LogP contribution in [0.15, 0.2) is 34.9 Å². The summed E-state index contributed by atoms with van der Waals surface area (Å²) in [5.74, 6) is 1.20. The predicted molar refractivity (Wildman–Crippen MR) is 95.1 cm³/mol. The number of nitro benzene ring substituents is 1. The van der Waals surface area contributed by atoms with Crippen molar-refractivity contribution in [1.82, 2.24) is 9.88 Å². The highest BCUT2D eigenvalue weighted by Gasteiger charge is 2.33. The molecular formula is C18H24N4O3. The molecule has 0 saturated carbocycles. The van der Waals surface area contributed by atoms with E-state index in [-0.39, 0.29) is 17.1 Å². The maximum Gasteiger partial charge on any atom is 0.270 e. The monoisotopic (exact) mass is 344 g/mol. The average molecular weight is 344 g/mol. The topological polar surface area (TPSA) is 98.4 Å². The Morgan fingerprint density at radius 3 is 3.00 bits per heavy atom. The SMILES string of the molecule is CC1(C)CN(CCc2ncc(-c3cccc([N+](=O)[O-])c3)o2)CCC1N. The summed E-state index contributed by atoms with van der Waals surface area (Å²) in [7, 11) is 0. The third-order valence-electron chi connectivity index (χ3n) is 4.93. The van der Waals surface area contributed by atoms with Gasteiger partial charge in [-0.1, -0.05) is 26.0 Å². The molecule has 1 atom stereocenters. The zero-order valence-corrected chi connectivity index (χ0v) is 14.6. The van der Waals surface area contributed by atoms with Gasteiger partial charge in [0.2, 0.25) is 0 Å². The normalized spacial score (nSPS) is 20.5. The Labute approximate surface area is 147 Å². The molecule has 1 saturated heterocycles. The van der Waals surface area contributed by atoms with Gasteiger partial charge in [0.25, 0.3) is 5.69 Å². The van der Waals surface area contributed by atoms with Crippen LogP contribution in [0.25, 0.3) is 11.3 Å². The molecule has 1 unspecified atom stereocenters. The molecule has 3 rings (SSSR count). The second kappa shape index (κ2) is 6.93. The van der Waals surface area contributed by atoms with Gasteiger partial charge < -0.3 is 15.1 Å². The molecule has 7 nitrogen and oxygen atoms in total. The van der Waals surface area contributed by atoms with E-state index in [1.165, 1.54) is 12.1 Å². The molecule has 25 heavy (non-hydrogen) atoms. The van der Waals surface area contributed by atoms with E-state index >= 15 is 0 Å². The Kier molecular flexibility index (Phi) is 4.87. The van der Waals surface area contributed by atoms with Gasteiger partial charge in [0.05, 0.1) is 11.1 Å². The van der Waals surface area contributed by atoms with Crippen LogP contribution in [-0.4, -0.2) is 40.5 Å². The number of hydrogen-bond acceptors (Lipinski definition) is 6. The maximum atomic E-state index is 10.9. The number of oxazole rings is 1. The number of rotatable bonds is 5. The minimum atomic E-state index is -0.413. The number of nitro groups is 1. The maximum absolute atomic E-state index is 10.9. The standard InChI is InChI=1S/C18H24N4O3/c1-18(2)12-21(8-6-16(18)19)9-7-17-20-11-15(25-17)13-4-3-5-14(10-13)22(23)24/h3-5,10-11,16H,6-9,12,19H2,1-2H3. The molecule has 0 amide bonds. The Balaban J connectivity index is 1.63. The molecule has 2 N–H and O–H groups in total. The van der Waals surface area contributed by atoms with Gasteiger partial charge in [0.15, 0.2) is 11.7 Å². The zero-order chi connectivity index (χ0) is 18.0. The van der Waals surface area contributed by atoms with Crippen molar-refractivity contribution in [3.8, 4) is 11.3 Å². The van der Waals surface area contributed by atoms with Gasteiger partial charge in [-0.05, 0) is 18.4 Å². The van der Waals surface area contributed by atoms with Crippen LogP contribution in [0.5, 0.6) is 0 Å². The van der Waals surface area contributed by atoms with Gasteiger partial charge >= 0.3 is 0 Å². The van der Waals surface area contributed by atoms with Crippen LogP contribution in [0.4, 0.5) is 5.69 Å². The van der Waals surface area contributed by atoms with E-state index in [4.69, 9.17) is 10.2 Å². The molecule has 0 aliphatic carbocycles. The van der Waals surface area contributed by atoms with Crippen molar-refractivity contribution >= 4 is 5.69 Å². The van der Waals surface area contributed by atoms with Crippen LogP contribution in [-0.2, 0) is 6.42 Å². The first-order chi connectivity index (χ1) is 11.8. The molecule has 1 fully saturated rings. The minimum Gasteiger partial charge on any atom is -0.441 e. The third kappa shape index (κ3) is 4.05. The van der Waals surface area contributed by atoms with Crippen LogP contribution in [0, 0.1) is 15.5 Å². The fourth-order valence-corrected chi connectivity index (χ4v) is 3.26. The van der Waals surface area contributed by atoms with E-state index in [2.05, 4.69) is 23.7 Å². The Morgan fingerprint density at radius 1 is 1.48 bits per heavy atom. The Hall–Kier alpha value is -2.25. The second-order valence-corrected chi connectivity index (χ2v) is 7.34. The summed E-state index contributed by atoms with van der Waals surface area (Å²) in [4.78, 5) is 17.2. The molecule has 0 spiro atoms. The summed E-state index contributed by atoms with van der Waals surface area (Å²) in [6, 6.07) is 6.63. The first-order valence-electron chi connectivity index (χ1n) is 8.52.